The van der Waals surface area contributed by atoms with Gasteiger partial charge >= 0.3 is 12.2 Å². The molecule has 2 fully saturated rings. The Bertz CT molecular complexity index is 2180. The summed E-state index contributed by atoms with van der Waals surface area (Å²) in [6, 6.07) is 26.1. The van der Waals surface area contributed by atoms with Crippen LogP contribution in [0.3, 0.4) is 0 Å². The van der Waals surface area contributed by atoms with Crippen LogP contribution in [0.25, 0.3) is 0 Å². The van der Waals surface area contributed by atoms with Gasteiger partial charge in [0, 0.05) is 113 Å². The Morgan fingerprint density at radius 2 is 0.984 bits per heavy atom. The molecule has 2 aromatic carbocycles. The molecule has 6 heterocycles. The van der Waals surface area contributed by atoms with Crippen LogP contribution in [0.2, 0.25) is 0 Å². The number of carbonyl (C=O) groups is 4. The predicted molar refractivity (Wildman–Crippen MR) is 227 cm³/mol. The molecule has 8 rings (SSSR count). The normalized spacial score (nSPS) is 14.1. The molecule has 0 unspecified atom stereocenters. The second-order valence-corrected chi connectivity index (χ2v) is 14.1. The summed E-state index contributed by atoms with van der Waals surface area (Å²) in [7, 11) is 0. The molecule has 6 aromatic rings. The summed E-state index contributed by atoms with van der Waals surface area (Å²) in [6.45, 7) is 6.59. The third kappa shape index (κ3) is 12.7. The van der Waals surface area contributed by atoms with Crippen LogP contribution in [0.4, 0.5) is 21.0 Å². The van der Waals surface area contributed by atoms with Crippen molar-refractivity contribution in [2.75, 3.05) is 63.0 Å². The van der Waals surface area contributed by atoms with Gasteiger partial charge in [-0.1, -0.05) is 36.4 Å². The molecule has 4 aromatic heterocycles. The Balaban J connectivity index is 0.000000186. The molecular weight excluding hydrogens is 793 g/mol. The second-order valence-electron chi connectivity index (χ2n) is 14.1. The van der Waals surface area contributed by atoms with E-state index >= 15 is 0 Å². The Labute approximate surface area is 357 Å². The molecule has 18 heteroatoms. The van der Waals surface area contributed by atoms with Crippen LogP contribution in [0, 0.1) is 0 Å². The highest BCUT2D eigenvalue weighted by atomic mass is 16.6. The fourth-order valence-corrected chi connectivity index (χ4v) is 6.38. The Hall–Kier alpha value is -7.70. The number of aromatic nitrogens is 6. The topological polar surface area (TPSA) is 201 Å². The van der Waals surface area contributed by atoms with Crippen LogP contribution >= 0.6 is 0 Å². The van der Waals surface area contributed by atoms with E-state index in [2.05, 4.69) is 50.3 Å². The van der Waals surface area contributed by atoms with E-state index in [1.807, 2.05) is 18.2 Å². The number of hydrogen-bond donors (Lipinski definition) is 2. The Morgan fingerprint density at radius 3 is 1.40 bits per heavy atom. The van der Waals surface area contributed by atoms with Gasteiger partial charge in [-0.2, -0.15) is 0 Å². The maximum atomic E-state index is 12.4. The van der Waals surface area contributed by atoms with Gasteiger partial charge in [0.05, 0.1) is 35.2 Å². The van der Waals surface area contributed by atoms with E-state index in [0.29, 0.717) is 55.2 Å². The lowest BCUT2D eigenvalue weighted by Gasteiger charge is -2.33. The van der Waals surface area contributed by atoms with E-state index < -0.39 is 12.2 Å². The summed E-state index contributed by atoms with van der Waals surface area (Å²) in [5, 5.41) is 5.52. The van der Waals surface area contributed by atoms with Gasteiger partial charge in [0.2, 0.25) is 11.8 Å². The highest BCUT2D eigenvalue weighted by Gasteiger charge is 2.25. The number of carbonyl (C=O) groups excluding carboxylic acids is 4. The van der Waals surface area contributed by atoms with Gasteiger partial charge in [-0.3, -0.25) is 29.4 Å². The van der Waals surface area contributed by atoms with E-state index in [0.717, 1.165) is 44.1 Å². The van der Waals surface area contributed by atoms with E-state index in [-0.39, 0.29) is 23.6 Å². The molecule has 2 aliphatic heterocycles. The first-order valence-electron chi connectivity index (χ1n) is 19.9. The van der Waals surface area contributed by atoms with Gasteiger partial charge in [0.25, 0.3) is 11.8 Å². The molecule has 62 heavy (non-hydrogen) atoms. The largest absolute Gasteiger partial charge is 0.416 e. The number of hydrogen-bond acceptors (Lipinski definition) is 14. The first-order valence-corrected chi connectivity index (χ1v) is 19.9. The number of anilines is 2. The van der Waals surface area contributed by atoms with Crippen molar-refractivity contribution in [3.8, 4) is 11.8 Å². The zero-order valence-electron chi connectivity index (χ0n) is 33.7. The quantitative estimate of drug-likeness (QED) is 0.189. The van der Waals surface area contributed by atoms with Crippen molar-refractivity contribution in [1.29, 1.82) is 0 Å². The van der Waals surface area contributed by atoms with Crippen molar-refractivity contribution in [2.24, 2.45) is 0 Å². The van der Waals surface area contributed by atoms with E-state index in [1.165, 1.54) is 18.7 Å². The van der Waals surface area contributed by atoms with Crippen LogP contribution in [0.15, 0.2) is 135 Å². The molecule has 0 aliphatic carbocycles. The lowest BCUT2D eigenvalue weighted by molar-refractivity contribution is 0.101. The van der Waals surface area contributed by atoms with E-state index in [4.69, 9.17) is 9.47 Å². The summed E-state index contributed by atoms with van der Waals surface area (Å²) >= 11 is 0. The SMILES string of the molecule is O=C(Nc1ccc(OC(=O)N2CCN(Cc3ccncn3)CC2)nc1)c1ccccc1.O=C(Nc1ccc(OC(=O)N2CCN(Cc3cnccn3)CC2)nc1)c1ccccc1. The molecule has 0 radical (unpaired) electrons. The summed E-state index contributed by atoms with van der Waals surface area (Å²) in [5.41, 5.74) is 4.00. The summed E-state index contributed by atoms with van der Waals surface area (Å²) in [4.78, 5) is 81.7. The maximum absolute atomic E-state index is 12.4. The van der Waals surface area contributed by atoms with Crippen molar-refractivity contribution in [3.63, 3.8) is 0 Å². The predicted octanol–water partition coefficient (Wildman–Crippen LogP) is 4.88. The Morgan fingerprint density at radius 1 is 0.484 bits per heavy atom. The second kappa shape index (κ2) is 21.5. The Kier molecular flexibility index (Phi) is 14.7. The van der Waals surface area contributed by atoms with Crippen LogP contribution in [-0.2, 0) is 13.1 Å². The van der Waals surface area contributed by atoms with Gasteiger partial charge in [-0.15, -0.1) is 0 Å². The summed E-state index contributed by atoms with van der Waals surface area (Å²) in [5.74, 6) is -0.0886. The molecule has 0 saturated carbocycles. The van der Waals surface area contributed by atoms with E-state index in [9.17, 15) is 19.2 Å². The molecular formula is C44H44N12O6. The molecule has 2 N–H and O–H groups in total. The average Bonchev–Trinajstić information content (AvgIpc) is 3.32. The zero-order valence-corrected chi connectivity index (χ0v) is 33.7. The highest BCUT2D eigenvalue weighted by molar-refractivity contribution is 6.04. The molecule has 2 saturated heterocycles. The van der Waals surface area contributed by atoms with Crippen molar-refractivity contribution >= 4 is 35.4 Å². The third-order valence-corrected chi connectivity index (χ3v) is 9.74. The monoisotopic (exact) mass is 836 g/mol. The minimum absolute atomic E-state index is 0.185. The number of nitrogens with zero attached hydrogens (tertiary/aromatic N) is 10. The van der Waals surface area contributed by atoms with Crippen molar-refractivity contribution < 1.29 is 28.7 Å². The maximum Gasteiger partial charge on any atom is 0.416 e. The highest BCUT2D eigenvalue weighted by Crippen LogP contribution is 2.17. The number of pyridine rings is 2. The standard InChI is InChI=1S/2C22H22N6O3/c29-21(17-4-2-1-3-5-17)26-18-6-7-20(25-15-18)31-22(30)28-12-10-27(11-13-28)16-19-14-23-8-9-24-19;29-21(17-4-2-1-3-5-17)26-18-6-7-20(24-14-18)31-22(30)28-12-10-27(11-13-28)15-19-8-9-23-16-25-19/h1-9,14-15H,10-13,16H2,(H,26,29);1-9,14,16H,10-13,15H2,(H,26,29). The van der Waals surface area contributed by atoms with Crippen molar-refractivity contribution in [1.82, 2.24) is 49.5 Å². The molecule has 4 amide bonds. The molecule has 0 atom stereocenters. The van der Waals surface area contributed by atoms with Gasteiger partial charge < -0.3 is 29.9 Å². The van der Waals surface area contributed by atoms with Crippen LogP contribution < -0.4 is 20.1 Å². The number of nitrogens with one attached hydrogen (secondary N) is 2. The number of piperazine rings is 2. The van der Waals surface area contributed by atoms with Crippen LogP contribution in [0.5, 0.6) is 11.8 Å². The van der Waals surface area contributed by atoms with E-state index in [1.54, 1.807) is 107 Å². The summed E-state index contributed by atoms with van der Waals surface area (Å²) in [6.07, 6.45) is 10.4. The summed E-state index contributed by atoms with van der Waals surface area (Å²) < 4.78 is 10.8. The third-order valence-electron chi connectivity index (χ3n) is 9.74. The lowest BCUT2D eigenvalue weighted by atomic mass is 10.2. The van der Waals surface area contributed by atoms with Gasteiger partial charge in [0.1, 0.15) is 6.33 Å². The van der Waals surface area contributed by atoms with Crippen LogP contribution in [-0.4, -0.2) is 126 Å². The van der Waals surface area contributed by atoms with Crippen molar-refractivity contribution in [3.05, 3.63) is 157 Å². The molecule has 316 valence electrons. The fourth-order valence-electron chi connectivity index (χ4n) is 6.38. The van der Waals surface area contributed by atoms with Gasteiger partial charge in [-0.25, -0.2) is 29.5 Å². The van der Waals surface area contributed by atoms with Gasteiger partial charge in [-0.05, 0) is 42.5 Å². The smallest absolute Gasteiger partial charge is 0.391 e. The van der Waals surface area contributed by atoms with Gasteiger partial charge in [0.15, 0.2) is 0 Å². The van der Waals surface area contributed by atoms with Crippen LogP contribution in [0.1, 0.15) is 32.1 Å². The minimum Gasteiger partial charge on any atom is -0.391 e. The number of benzene rings is 2. The number of ether oxygens (including phenoxy) is 2. The lowest BCUT2D eigenvalue weighted by Crippen LogP contribution is -2.49. The molecule has 2 aliphatic rings. The molecule has 0 bridgehead atoms. The minimum atomic E-state index is -0.437. The fraction of sp³-hybridized carbons (Fsp3) is 0.227. The van der Waals surface area contributed by atoms with Crippen molar-refractivity contribution in [2.45, 2.75) is 13.1 Å². The zero-order chi connectivity index (χ0) is 42.9. The number of amides is 4. The molecule has 0 spiro atoms. The first kappa shape index (κ1) is 42.4. The number of rotatable bonds is 10. The molecule has 18 nitrogen and oxygen atoms in total. The average molecular weight is 837 g/mol. The first-order chi connectivity index (χ1) is 30.3.